The van der Waals surface area contributed by atoms with Crippen molar-refractivity contribution >= 4 is 5.69 Å². The zero-order valence-corrected chi connectivity index (χ0v) is 11.4. The number of phenols is 1. The summed E-state index contributed by atoms with van der Waals surface area (Å²) in [4.78, 5) is 10.1. The van der Waals surface area contributed by atoms with Crippen LogP contribution in [-0.4, -0.2) is 10.0 Å². The predicted octanol–water partition coefficient (Wildman–Crippen LogP) is 3.29. The Morgan fingerprint density at radius 3 is 2.57 bits per heavy atom. The number of nitrogens with one attached hydrogen (secondary N) is 1. The second kappa shape index (κ2) is 6.32. The third-order valence-corrected chi connectivity index (χ3v) is 3.22. The van der Waals surface area contributed by atoms with E-state index in [0.717, 1.165) is 5.56 Å². The van der Waals surface area contributed by atoms with E-state index in [9.17, 15) is 19.6 Å². The Morgan fingerprint density at radius 1 is 1.29 bits per heavy atom. The van der Waals surface area contributed by atoms with E-state index in [-0.39, 0.29) is 17.5 Å². The van der Waals surface area contributed by atoms with Crippen LogP contribution in [0.3, 0.4) is 0 Å². The van der Waals surface area contributed by atoms with E-state index in [2.05, 4.69) is 5.32 Å². The van der Waals surface area contributed by atoms with Gasteiger partial charge in [-0.1, -0.05) is 12.1 Å². The topological polar surface area (TPSA) is 75.4 Å². The molecule has 0 amide bonds. The van der Waals surface area contributed by atoms with Crippen molar-refractivity contribution in [2.45, 2.75) is 19.5 Å². The first-order chi connectivity index (χ1) is 9.97. The minimum Gasteiger partial charge on any atom is -0.508 e. The van der Waals surface area contributed by atoms with Gasteiger partial charge in [-0.25, -0.2) is 4.39 Å². The Labute approximate surface area is 121 Å². The maximum Gasteiger partial charge on any atom is 0.269 e. The Kier molecular flexibility index (Phi) is 4.49. The summed E-state index contributed by atoms with van der Waals surface area (Å²) < 4.78 is 13.2. The third kappa shape index (κ3) is 3.76. The van der Waals surface area contributed by atoms with E-state index in [1.165, 1.54) is 30.3 Å². The van der Waals surface area contributed by atoms with Gasteiger partial charge in [0.25, 0.3) is 5.69 Å². The molecule has 2 aromatic carbocycles. The molecule has 2 rings (SSSR count). The Morgan fingerprint density at radius 2 is 1.95 bits per heavy atom. The zero-order valence-electron chi connectivity index (χ0n) is 11.4. The lowest BCUT2D eigenvalue weighted by Crippen LogP contribution is -2.18. The Bertz CT molecular complexity index is 644. The zero-order chi connectivity index (χ0) is 15.4. The van der Waals surface area contributed by atoms with E-state index >= 15 is 0 Å². The van der Waals surface area contributed by atoms with Crippen molar-refractivity contribution in [1.82, 2.24) is 5.32 Å². The second-order valence-corrected chi connectivity index (χ2v) is 4.73. The molecule has 1 atom stereocenters. The standard InChI is InChI=1S/C15H15FN2O3/c1-10(14-8-12(16)4-7-15(14)19)17-9-11-2-5-13(6-3-11)18(20)21/h2-8,10,17,19H,9H2,1H3. The lowest BCUT2D eigenvalue weighted by molar-refractivity contribution is -0.384. The van der Waals surface area contributed by atoms with Gasteiger partial charge in [0, 0.05) is 30.3 Å². The van der Waals surface area contributed by atoms with Crippen molar-refractivity contribution in [2.75, 3.05) is 0 Å². The maximum atomic E-state index is 13.2. The molecule has 0 spiro atoms. The number of non-ortho nitro benzene ring substituents is 1. The fourth-order valence-corrected chi connectivity index (χ4v) is 1.99. The molecule has 6 heteroatoms. The highest BCUT2D eigenvalue weighted by atomic mass is 19.1. The number of nitrogens with zero attached hydrogens (tertiary/aromatic N) is 1. The van der Waals surface area contributed by atoms with Crippen LogP contribution in [0, 0.1) is 15.9 Å². The molecule has 0 fully saturated rings. The molecule has 110 valence electrons. The predicted molar refractivity (Wildman–Crippen MR) is 76.4 cm³/mol. The molecule has 2 aromatic rings. The summed E-state index contributed by atoms with van der Waals surface area (Å²) in [6, 6.07) is 9.71. The monoisotopic (exact) mass is 290 g/mol. The molecule has 21 heavy (non-hydrogen) atoms. The van der Waals surface area contributed by atoms with E-state index in [4.69, 9.17) is 0 Å². The molecule has 0 aliphatic rings. The molecule has 0 saturated carbocycles. The van der Waals surface area contributed by atoms with Gasteiger partial charge in [-0.05, 0) is 30.7 Å². The minimum atomic E-state index is -0.454. The van der Waals surface area contributed by atoms with Crippen molar-refractivity contribution in [1.29, 1.82) is 0 Å². The SMILES string of the molecule is CC(NCc1ccc([N+](=O)[O-])cc1)c1cc(F)ccc1O. The highest BCUT2D eigenvalue weighted by molar-refractivity contribution is 5.35. The van der Waals surface area contributed by atoms with Crippen molar-refractivity contribution in [2.24, 2.45) is 0 Å². The number of nitro benzene ring substituents is 1. The number of hydrogen-bond acceptors (Lipinski definition) is 4. The molecule has 5 nitrogen and oxygen atoms in total. The molecule has 0 heterocycles. The van der Waals surface area contributed by atoms with Gasteiger partial charge >= 0.3 is 0 Å². The summed E-state index contributed by atoms with van der Waals surface area (Å²) in [6.07, 6.45) is 0. The molecule has 1 unspecified atom stereocenters. The molecule has 0 saturated heterocycles. The van der Waals surface area contributed by atoms with Gasteiger partial charge in [0.15, 0.2) is 0 Å². The first kappa shape index (κ1) is 14.9. The van der Waals surface area contributed by atoms with E-state index in [1.807, 2.05) is 0 Å². The average molecular weight is 290 g/mol. The minimum absolute atomic E-state index is 0.0279. The van der Waals surface area contributed by atoms with Gasteiger partial charge in [0.2, 0.25) is 0 Å². The number of halogens is 1. The molecular weight excluding hydrogens is 275 g/mol. The van der Waals surface area contributed by atoms with Crippen LogP contribution in [0.15, 0.2) is 42.5 Å². The number of phenolic OH excluding ortho intramolecular Hbond substituents is 1. The van der Waals surface area contributed by atoms with Crippen molar-refractivity contribution in [3.63, 3.8) is 0 Å². The summed E-state index contributed by atoms with van der Waals surface area (Å²) in [6.45, 7) is 2.26. The van der Waals surface area contributed by atoms with Crippen LogP contribution in [0.4, 0.5) is 10.1 Å². The number of aromatic hydroxyl groups is 1. The van der Waals surface area contributed by atoms with Crippen LogP contribution in [0.1, 0.15) is 24.1 Å². The largest absolute Gasteiger partial charge is 0.508 e. The fraction of sp³-hybridized carbons (Fsp3) is 0.200. The van der Waals surface area contributed by atoms with Crippen LogP contribution < -0.4 is 5.32 Å². The molecule has 0 bridgehead atoms. The van der Waals surface area contributed by atoms with E-state index in [1.54, 1.807) is 19.1 Å². The van der Waals surface area contributed by atoms with Gasteiger partial charge in [0.1, 0.15) is 11.6 Å². The van der Waals surface area contributed by atoms with Crippen LogP contribution in [-0.2, 0) is 6.54 Å². The second-order valence-electron chi connectivity index (χ2n) is 4.73. The molecular formula is C15H15FN2O3. The molecule has 0 aliphatic heterocycles. The summed E-state index contributed by atoms with van der Waals surface area (Å²) in [7, 11) is 0. The quantitative estimate of drug-likeness (QED) is 0.654. The van der Waals surface area contributed by atoms with E-state index in [0.29, 0.717) is 12.1 Å². The Balaban J connectivity index is 2.02. The molecule has 0 radical (unpaired) electrons. The number of nitro groups is 1. The number of hydrogen-bond donors (Lipinski definition) is 2. The summed E-state index contributed by atoms with van der Waals surface area (Å²) >= 11 is 0. The van der Waals surface area contributed by atoms with Crippen LogP contribution >= 0.6 is 0 Å². The fourth-order valence-electron chi connectivity index (χ4n) is 1.99. The van der Waals surface area contributed by atoms with E-state index < -0.39 is 10.7 Å². The third-order valence-electron chi connectivity index (χ3n) is 3.22. The van der Waals surface area contributed by atoms with Gasteiger partial charge in [-0.2, -0.15) is 0 Å². The van der Waals surface area contributed by atoms with Crippen molar-refractivity contribution in [3.05, 3.63) is 69.5 Å². The number of benzene rings is 2. The van der Waals surface area contributed by atoms with Crippen molar-refractivity contribution in [3.8, 4) is 5.75 Å². The maximum absolute atomic E-state index is 13.2. The van der Waals surface area contributed by atoms with Gasteiger partial charge in [0.05, 0.1) is 4.92 Å². The Hall–Kier alpha value is -2.47. The summed E-state index contributed by atoms with van der Waals surface area (Å²) in [5.74, 6) is -0.383. The molecule has 2 N–H and O–H groups in total. The highest BCUT2D eigenvalue weighted by Gasteiger charge is 2.11. The van der Waals surface area contributed by atoms with Crippen LogP contribution in [0.5, 0.6) is 5.75 Å². The van der Waals surface area contributed by atoms with Crippen molar-refractivity contribution < 1.29 is 14.4 Å². The average Bonchev–Trinajstić information content (AvgIpc) is 2.47. The summed E-state index contributed by atoms with van der Waals surface area (Å²) in [5.41, 5.74) is 1.37. The van der Waals surface area contributed by atoms with Crippen LogP contribution in [0.25, 0.3) is 0 Å². The smallest absolute Gasteiger partial charge is 0.269 e. The summed E-state index contributed by atoms with van der Waals surface area (Å²) in [5, 5.41) is 23.4. The lowest BCUT2D eigenvalue weighted by Gasteiger charge is -2.15. The molecule has 0 aromatic heterocycles. The first-order valence-electron chi connectivity index (χ1n) is 6.42. The van der Waals surface area contributed by atoms with Crippen LogP contribution in [0.2, 0.25) is 0 Å². The normalized spacial score (nSPS) is 12.1. The highest BCUT2D eigenvalue weighted by Crippen LogP contribution is 2.25. The molecule has 0 aliphatic carbocycles. The lowest BCUT2D eigenvalue weighted by atomic mass is 10.1. The van der Waals surface area contributed by atoms with Gasteiger partial charge in [-0.15, -0.1) is 0 Å². The van der Waals surface area contributed by atoms with Gasteiger partial charge in [-0.3, -0.25) is 10.1 Å². The van der Waals surface area contributed by atoms with Gasteiger partial charge < -0.3 is 10.4 Å². The first-order valence-corrected chi connectivity index (χ1v) is 6.42. The number of rotatable bonds is 5.